The highest BCUT2D eigenvalue weighted by molar-refractivity contribution is 7.21. The van der Waals surface area contributed by atoms with Crippen LogP contribution >= 0.6 is 11.3 Å². The maximum absolute atomic E-state index is 7.05. The molecule has 0 bridgehead atoms. The summed E-state index contributed by atoms with van der Waals surface area (Å²) in [6.07, 6.45) is 0. The Labute approximate surface area is 342 Å². The SMILES string of the molecule is c1ccc(-c2cc(-c3nc4ccccc4s3)c3oc4c(-c5nc(-c6ccccc6)nc(-n6c7ccccc7c7ccc(-c8ccccc8)cc76)n5)cccc4c3c2)cc1. The van der Waals surface area contributed by atoms with Crippen molar-refractivity contribution >= 4 is 65.3 Å². The van der Waals surface area contributed by atoms with Crippen LogP contribution in [-0.2, 0) is 0 Å². The van der Waals surface area contributed by atoms with Crippen LogP contribution in [-0.4, -0.2) is 24.5 Å². The molecule has 0 fully saturated rings. The van der Waals surface area contributed by atoms with Gasteiger partial charge in [-0.15, -0.1) is 11.3 Å². The zero-order valence-corrected chi connectivity index (χ0v) is 32.3. The van der Waals surface area contributed by atoms with E-state index in [1.165, 1.54) is 0 Å². The van der Waals surface area contributed by atoms with Crippen molar-refractivity contribution in [1.82, 2.24) is 24.5 Å². The molecule has 0 aliphatic rings. The standard InChI is InChI=1S/C52H31N5OS/c1-4-15-32(16-5-1)35-27-28-38-37-21-10-12-25-44(37)57(45(38)31-35)52-55-49(34-19-8-3-9-20-34)54-50(56-52)40-23-14-22-39-41-29-36(33-17-6-2-7-18-33)30-42(48(41)58-47(39)40)51-53-43-24-11-13-26-46(43)59-51/h1-31H. The molecule has 4 aromatic heterocycles. The molecule has 0 aliphatic heterocycles. The quantitative estimate of drug-likeness (QED) is 0.168. The summed E-state index contributed by atoms with van der Waals surface area (Å²) in [5, 5.41) is 5.14. The van der Waals surface area contributed by atoms with Gasteiger partial charge in [-0.3, -0.25) is 4.57 Å². The molecule has 0 N–H and O–H groups in total. The van der Waals surface area contributed by atoms with Gasteiger partial charge in [0.2, 0.25) is 5.95 Å². The van der Waals surface area contributed by atoms with Crippen molar-refractivity contribution in [2.45, 2.75) is 0 Å². The Morgan fingerprint density at radius 1 is 0.390 bits per heavy atom. The van der Waals surface area contributed by atoms with E-state index in [0.717, 1.165) is 92.3 Å². The predicted molar refractivity (Wildman–Crippen MR) is 242 cm³/mol. The number of rotatable bonds is 6. The molecule has 4 heterocycles. The summed E-state index contributed by atoms with van der Waals surface area (Å²) < 4.78 is 10.4. The highest BCUT2D eigenvalue weighted by Gasteiger charge is 2.23. The van der Waals surface area contributed by atoms with Crippen molar-refractivity contribution in [3.8, 4) is 61.5 Å². The van der Waals surface area contributed by atoms with E-state index in [4.69, 9.17) is 24.4 Å². The van der Waals surface area contributed by atoms with E-state index in [1.54, 1.807) is 11.3 Å². The third-order valence-corrected chi connectivity index (χ3v) is 12.2. The third kappa shape index (κ3) is 5.55. The second-order valence-corrected chi connectivity index (χ2v) is 15.7. The van der Waals surface area contributed by atoms with Crippen LogP contribution in [0, 0.1) is 0 Å². The van der Waals surface area contributed by atoms with Crippen LogP contribution in [0.4, 0.5) is 0 Å². The summed E-state index contributed by atoms with van der Waals surface area (Å²) in [4.78, 5) is 20.9. The summed E-state index contributed by atoms with van der Waals surface area (Å²) in [7, 11) is 0. The summed E-state index contributed by atoms with van der Waals surface area (Å²) in [6, 6.07) is 65.1. The van der Waals surface area contributed by atoms with E-state index in [1.807, 2.05) is 54.6 Å². The Morgan fingerprint density at radius 2 is 1.03 bits per heavy atom. The highest BCUT2D eigenvalue weighted by Crippen LogP contribution is 2.44. The minimum atomic E-state index is 0.522. The van der Waals surface area contributed by atoms with Gasteiger partial charge >= 0.3 is 0 Å². The Balaban J connectivity index is 1.13. The second kappa shape index (κ2) is 13.4. The fourth-order valence-electron chi connectivity index (χ4n) is 8.32. The maximum atomic E-state index is 7.05. The summed E-state index contributed by atoms with van der Waals surface area (Å²) in [5.74, 6) is 1.62. The Bertz CT molecular complexity index is 3520. The molecule has 0 amide bonds. The van der Waals surface area contributed by atoms with Crippen LogP contribution in [0.25, 0.3) is 116 Å². The number of fused-ring (bicyclic) bond motifs is 7. The lowest BCUT2D eigenvalue weighted by Crippen LogP contribution is -2.06. The molecule has 0 saturated carbocycles. The molecule has 8 aromatic carbocycles. The number of para-hydroxylation sites is 3. The first-order valence-electron chi connectivity index (χ1n) is 19.5. The van der Waals surface area contributed by atoms with Crippen molar-refractivity contribution in [1.29, 1.82) is 0 Å². The summed E-state index contributed by atoms with van der Waals surface area (Å²) in [6.45, 7) is 0. The van der Waals surface area contributed by atoms with E-state index in [0.29, 0.717) is 23.2 Å². The number of thiazole rings is 1. The van der Waals surface area contributed by atoms with Crippen LogP contribution in [0.15, 0.2) is 192 Å². The molecule has 7 heteroatoms. The van der Waals surface area contributed by atoms with E-state index in [-0.39, 0.29) is 0 Å². The van der Waals surface area contributed by atoms with Crippen LogP contribution < -0.4 is 0 Å². The Hall–Kier alpha value is -7.74. The molecule has 0 spiro atoms. The van der Waals surface area contributed by atoms with Gasteiger partial charge in [0.25, 0.3) is 0 Å². The van der Waals surface area contributed by atoms with Gasteiger partial charge in [0.05, 0.1) is 32.4 Å². The minimum absolute atomic E-state index is 0.522. The largest absolute Gasteiger partial charge is 0.455 e. The van der Waals surface area contributed by atoms with Gasteiger partial charge < -0.3 is 4.42 Å². The number of furan rings is 1. The van der Waals surface area contributed by atoms with Crippen molar-refractivity contribution in [2.75, 3.05) is 0 Å². The monoisotopic (exact) mass is 773 g/mol. The lowest BCUT2D eigenvalue weighted by molar-refractivity contribution is 0.670. The molecule has 59 heavy (non-hydrogen) atoms. The van der Waals surface area contributed by atoms with Gasteiger partial charge in [0.1, 0.15) is 16.2 Å². The van der Waals surface area contributed by atoms with Gasteiger partial charge in [0.15, 0.2) is 11.6 Å². The Morgan fingerprint density at radius 3 is 1.83 bits per heavy atom. The fraction of sp³-hybridized carbons (Fsp3) is 0. The molecule has 12 rings (SSSR count). The zero-order valence-electron chi connectivity index (χ0n) is 31.5. The van der Waals surface area contributed by atoms with Gasteiger partial charge in [-0.1, -0.05) is 146 Å². The van der Waals surface area contributed by atoms with Crippen molar-refractivity contribution < 1.29 is 4.42 Å². The predicted octanol–water partition coefficient (Wildman–Crippen LogP) is 13.8. The molecule has 276 valence electrons. The first-order chi connectivity index (χ1) is 29.2. The fourth-order valence-corrected chi connectivity index (χ4v) is 9.30. The first-order valence-corrected chi connectivity index (χ1v) is 20.4. The average Bonchev–Trinajstić information content (AvgIpc) is 4.01. The molecule has 0 radical (unpaired) electrons. The maximum Gasteiger partial charge on any atom is 0.238 e. The molecule has 0 unspecified atom stereocenters. The third-order valence-electron chi connectivity index (χ3n) is 11.1. The molecule has 0 aliphatic carbocycles. The van der Waals surface area contributed by atoms with Gasteiger partial charge in [-0.25, -0.2) is 9.97 Å². The zero-order chi connectivity index (χ0) is 38.9. The van der Waals surface area contributed by atoms with E-state index >= 15 is 0 Å². The summed E-state index contributed by atoms with van der Waals surface area (Å²) in [5.41, 5.74) is 11.6. The topological polar surface area (TPSA) is 69.6 Å². The number of nitrogens with zero attached hydrogens (tertiary/aromatic N) is 5. The van der Waals surface area contributed by atoms with Crippen LogP contribution in [0.2, 0.25) is 0 Å². The van der Waals surface area contributed by atoms with Crippen molar-refractivity contribution in [3.63, 3.8) is 0 Å². The van der Waals surface area contributed by atoms with Crippen LogP contribution in [0.5, 0.6) is 0 Å². The molecular formula is C52H31N5OS. The van der Waals surface area contributed by atoms with Crippen molar-refractivity contribution in [3.05, 3.63) is 188 Å². The van der Waals surface area contributed by atoms with E-state index in [9.17, 15) is 0 Å². The average molecular weight is 774 g/mol. The van der Waals surface area contributed by atoms with Gasteiger partial charge in [-0.2, -0.15) is 9.97 Å². The molecule has 12 aromatic rings. The summed E-state index contributed by atoms with van der Waals surface area (Å²) >= 11 is 1.67. The molecule has 0 atom stereocenters. The normalized spacial score (nSPS) is 11.7. The molecule has 6 nitrogen and oxygen atoms in total. The smallest absolute Gasteiger partial charge is 0.238 e. The van der Waals surface area contributed by atoms with Gasteiger partial charge in [-0.05, 0) is 64.7 Å². The highest BCUT2D eigenvalue weighted by atomic mass is 32.1. The van der Waals surface area contributed by atoms with Crippen molar-refractivity contribution in [2.24, 2.45) is 0 Å². The molecule has 0 saturated heterocycles. The lowest BCUT2D eigenvalue weighted by atomic mass is 9.99. The van der Waals surface area contributed by atoms with E-state index < -0.39 is 0 Å². The Kier molecular flexibility index (Phi) is 7.61. The minimum Gasteiger partial charge on any atom is -0.455 e. The first kappa shape index (κ1) is 33.4. The second-order valence-electron chi connectivity index (χ2n) is 14.6. The number of hydrogen-bond donors (Lipinski definition) is 0. The number of aromatic nitrogens is 5. The van der Waals surface area contributed by atoms with E-state index in [2.05, 4.69) is 138 Å². The lowest BCUT2D eigenvalue weighted by Gasteiger charge is -2.11. The van der Waals surface area contributed by atoms with Crippen LogP contribution in [0.3, 0.4) is 0 Å². The van der Waals surface area contributed by atoms with Gasteiger partial charge in [0, 0.05) is 27.1 Å². The number of benzene rings is 8. The van der Waals surface area contributed by atoms with Crippen LogP contribution in [0.1, 0.15) is 0 Å². The number of hydrogen-bond acceptors (Lipinski definition) is 6. The molecular weight excluding hydrogens is 743 g/mol.